The lowest BCUT2D eigenvalue weighted by molar-refractivity contribution is -0.138. The first-order valence-corrected chi connectivity index (χ1v) is 9.18. The Kier molecular flexibility index (Phi) is 7.86. The van der Waals surface area contributed by atoms with Crippen LogP contribution in [0.2, 0.25) is 0 Å². The summed E-state index contributed by atoms with van der Waals surface area (Å²) in [6, 6.07) is 4.04. The molecule has 0 aliphatic rings. The minimum absolute atomic E-state index is 0.0149. The Morgan fingerprint density at radius 2 is 1.56 bits per heavy atom. The van der Waals surface area contributed by atoms with E-state index in [4.69, 9.17) is 13.8 Å². The Morgan fingerprint density at radius 1 is 1.04 bits per heavy atom. The maximum atomic E-state index is 12.9. The van der Waals surface area contributed by atoms with Crippen LogP contribution in [-0.4, -0.2) is 25.8 Å². The second-order valence-electron chi connectivity index (χ2n) is 4.70. The van der Waals surface area contributed by atoms with E-state index in [0.717, 1.165) is 30.3 Å². The first kappa shape index (κ1) is 21.4. The molecule has 0 aromatic heterocycles. The zero-order valence-electron chi connectivity index (χ0n) is 14.1. The van der Waals surface area contributed by atoms with Gasteiger partial charge in [-0.2, -0.15) is 13.2 Å². The summed E-state index contributed by atoms with van der Waals surface area (Å²) in [4.78, 5) is 12.2. The van der Waals surface area contributed by atoms with Gasteiger partial charge in [0.05, 0.1) is 25.4 Å². The van der Waals surface area contributed by atoms with Crippen LogP contribution in [0, 0.1) is 0 Å². The quantitative estimate of drug-likeness (QED) is 0.366. The zero-order chi connectivity index (χ0) is 19.1. The molecule has 25 heavy (non-hydrogen) atoms. The Morgan fingerprint density at radius 3 is 1.96 bits per heavy atom. The molecule has 0 N–H and O–H groups in total. The van der Waals surface area contributed by atoms with E-state index in [0.29, 0.717) is 0 Å². The fraction of sp³-hybridized carbons (Fsp3) is 0.438. The summed E-state index contributed by atoms with van der Waals surface area (Å²) in [5.41, 5.74) is -0.601. The SMILES string of the molecule is CCOC(=O)/C(=C/c1ccc(C(F)(F)F)cc1)P(=O)(OCC)OCC. The van der Waals surface area contributed by atoms with Gasteiger partial charge in [0, 0.05) is 0 Å². The van der Waals surface area contributed by atoms with Gasteiger partial charge in [0.1, 0.15) is 5.31 Å². The van der Waals surface area contributed by atoms with E-state index in [-0.39, 0.29) is 30.7 Å². The molecule has 0 unspecified atom stereocenters. The van der Waals surface area contributed by atoms with Crippen LogP contribution in [-0.2, 0) is 29.3 Å². The van der Waals surface area contributed by atoms with Crippen LogP contribution in [0.15, 0.2) is 29.6 Å². The third-order valence-electron chi connectivity index (χ3n) is 2.92. The minimum atomic E-state index is -4.47. The summed E-state index contributed by atoms with van der Waals surface area (Å²) in [5.74, 6) is -0.910. The molecule has 0 saturated heterocycles. The predicted octanol–water partition coefficient (Wildman–Crippen LogP) is 4.88. The van der Waals surface area contributed by atoms with Gasteiger partial charge < -0.3 is 13.8 Å². The summed E-state index contributed by atoms with van der Waals surface area (Å²) in [5, 5.41) is -0.363. The lowest BCUT2D eigenvalue weighted by Gasteiger charge is -2.19. The van der Waals surface area contributed by atoms with E-state index in [1.54, 1.807) is 20.8 Å². The van der Waals surface area contributed by atoms with Crippen LogP contribution in [0.1, 0.15) is 31.9 Å². The van der Waals surface area contributed by atoms with E-state index in [2.05, 4.69) is 0 Å². The molecule has 0 radical (unpaired) electrons. The first-order chi connectivity index (χ1) is 11.7. The molecule has 0 atom stereocenters. The number of alkyl halides is 3. The summed E-state index contributed by atoms with van der Waals surface area (Å²) in [7, 11) is -3.96. The molecule has 0 bridgehead atoms. The van der Waals surface area contributed by atoms with Crippen molar-refractivity contribution in [2.45, 2.75) is 26.9 Å². The summed E-state index contributed by atoms with van der Waals surface area (Å²) in [6.07, 6.45) is -3.32. The zero-order valence-corrected chi connectivity index (χ0v) is 15.0. The second kappa shape index (κ2) is 9.17. The molecule has 0 heterocycles. The van der Waals surface area contributed by atoms with Crippen molar-refractivity contribution in [3.63, 3.8) is 0 Å². The second-order valence-corrected chi connectivity index (χ2v) is 6.70. The molecule has 0 saturated carbocycles. The van der Waals surface area contributed by atoms with Crippen molar-refractivity contribution < 1.29 is 36.3 Å². The summed E-state index contributed by atoms with van der Waals surface area (Å²) < 4.78 is 65.9. The Labute approximate surface area is 144 Å². The van der Waals surface area contributed by atoms with Gasteiger partial charge in [-0.3, -0.25) is 4.57 Å². The maximum Gasteiger partial charge on any atom is 0.416 e. The highest BCUT2D eigenvalue weighted by atomic mass is 31.2. The van der Waals surface area contributed by atoms with Gasteiger partial charge in [-0.15, -0.1) is 0 Å². The maximum absolute atomic E-state index is 12.9. The van der Waals surface area contributed by atoms with Crippen LogP contribution < -0.4 is 0 Å². The van der Waals surface area contributed by atoms with Crippen molar-refractivity contribution in [1.82, 2.24) is 0 Å². The smallest absolute Gasteiger partial charge is 0.416 e. The number of benzene rings is 1. The van der Waals surface area contributed by atoms with E-state index >= 15 is 0 Å². The summed E-state index contributed by atoms with van der Waals surface area (Å²) in [6.45, 7) is 4.78. The Hall–Kier alpha value is -1.63. The molecule has 1 aromatic rings. The lowest BCUT2D eigenvalue weighted by atomic mass is 10.1. The van der Waals surface area contributed by atoms with Crippen molar-refractivity contribution in [1.29, 1.82) is 0 Å². The molecular formula is C16H20F3O5P. The van der Waals surface area contributed by atoms with Crippen LogP contribution in [0.25, 0.3) is 6.08 Å². The molecule has 0 fully saturated rings. The van der Waals surface area contributed by atoms with Gasteiger partial charge in [0.25, 0.3) is 0 Å². The molecule has 1 rings (SSSR count). The van der Waals surface area contributed by atoms with Crippen molar-refractivity contribution in [3.05, 3.63) is 40.7 Å². The number of carbonyl (C=O) groups excluding carboxylic acids is 1. The number of carbonyl (C=O) groups is 1. The van der Waals surface area contributed by atoms with Crippen LogP contribution in [0.5, 0.6) is 0 Å². The number of hydrogen-bond donors (Lipinski definition) is 0. The number of hydrogen-bond acceptors (Lipinski definition) is 5. The standard InChI is InChI=1S/C16H20F3O5P/c1-4-22-15(20)14(25(21,23-5-2)24-6-3)11-12-7-9-13(10-8-12)16(17,18)19/h7-11H,4-6H2,1-3H3/b14-11-. The van der Waals surface area contributed by atoms with Gasteiger partial charge >= 0.3 is 19.7 Å². The number of ether oxygens (including phenoxy) is 1. The van der Waals surface area contributed by atoms with Crippen molar-refractivity contribution in [2.75, 3.05) is 19.8 Å². The van der Waals surface area contributed by atoms with Crippen molar-refractivity contribution in [3.8, 4) is 0 Å². The molecule has 0 amide bonds. The molecule has 140 valence electrons. The third kappa shape index (κ3) is 5.99. The molecule has 0 spiro atoms. The van der Waals surface area contributed by atoms with Gasteiger partial charge in [0.15, 0.2) is 0 Å². The highest BCUT2D eigenvalue weighted by molar-refractivity contribution is 7.60. The van der Waals surface area contributed by atoms with Crippen LogP contribution >= 0.6 is 7.60 Å². The number of esters is 1. The van der Waals surface area contributed by atoms with E-state index in [9.17, 15) is 22.5 Å². The van der Waals surface area contributed by atoms with E-state index in [1.807, 2.05) is 0 Å². The number of halogens is 3. The van der Waals surface area contributed by atoms with Crippen molar-refractivity contribution >= 4 is 19.6 Å². The van der Waals surface area contributed by atoms with Gasteiger partial charge in [-0.25, -0.2) is 4.79 Å². The van der Waals surface area contributed by atoms with Crippen molar-refractivity contribution in [2.24, 2.45) is 0 Å². The van der Waals surface area contributed by atoms with E-state index in [1.165, 1.54) is 0 Å². The van der Waals surface area contributed by atoms with Crippen LogP contribution in [0.3, 0.4) is 0 Å². The normalized spacial score (nSPS) is 13.0. The predicted molar refractivity (Wildman–Crippen MR) is 86.9 cm³/mol. The molecule has 1 aromatic carbocycles. The molecule has 5 nitrogen and oxygen atoms in total. The fourth-order valence-electron chi connectivity index (χ4n) is 1.90. The average Bonchev–Trinajstić information content (AvgIpc) is 2.52. The van der Waals surface area contributed by atoms with E-state index < -0.39 is 25.3 Å². The monoisotopic (exact) mass is 380 g/mol. The summed E-state index contributed by atoms with van der Waals surface area (Å²) >= 11 is 0. The topological polar surface area (TPSA) is 61.8 Å². The molecular weight excluding hydrogens is 360 g/mol. The third-order valence-corrected chi connectivity index (χ3v) is 5.02. The lowest BCUT2D eigenvalue weighted by Crippen LogP contribution is -2.11. The van der Waals surface area contributed by atoms with Gasteiger partial charge in [0.2, 0.25) is 0 Å². The van der Waals surface area contributed by atoms with Gasteiger partial charge in [-0.05, 0) is 44.5 Å². The number of rotatable bonds is 8. The Balaban J connectivity index is 3.33. The van der Waals surface area contributed by atoms with Gasteiger partial charge in [-0.1, -0.05) is 12.1 Å². The Bertz CT molecular complexity index is 643. The molecule has 0 aliphatic carbocycles. The highest BCUT2D eigenvalue weighted by Gasteiger charge is 2.36. The highest BCUT2D eigenvalue weighted by Crippen LogP contribution is 2.57. The first-order valence-electron chi connectivity index (χ1n) is 7.63. The molecule has 9 heteroatoms. The molecule has 0 aliphatic heterocycles. The minimum Gasteiger partial charge on any atom is -0.462 e. The largest absolute Gasteiger partial charge is 0.462 e. The fourth-order valence-corrected chi connectivity index (χ4v) is 3.53. The average molecular weight is 380 g/mol. The van der Waals surface area contributed by atoms with Crippen LogP contribution in [0.4, 0.5) is 13.2 Å².